The summed E-state index contributed by atoms with van der Waals surface area (Å²) in [4.78, 5) is 4.40. The summed E-state index contributed by atoms with van der Waals surface area (Å²) >= 11 is 5.99. The molecule has 7 nitrogen and oxygen atoms in total. The van der Waals surface area contributed by atoms with Gasteiger partial charge in [-0.3, -0.25) is 4.99 Å². The Hall–Kier alpha value is -1.40. The number of benzene rings is 2. The fraction of sp³-hybridized carbons (Fsp3) is 0.316. The van der Waals surface area contributed by atoms with Crippen LogP contribution in [0.3, 0.4) is 0 Å². The van der Waals surface area contributed by atoms with E-state index >= 15 is 0 Å². The molecule has 0 aliphatic rings. The van der Waals surface area contributed by atoms with Crippen molar-refractivity contribution in [2.45, 2.75) is 18.0 Å². The second kappa shape index (κ2) is 13.0. The topological polar surface area (TPSA) is 91.8 Å². The van der Waals surface area contributed by atoms with Crippen LogP contribution in [0.25, 0.3) is 0 Å². The minimum absolute atomic E-state index is 0. The van der Waals surface area contributed by atoms with Gasteiger partial charge in [-0.25, -0.2) is 13.1 Å². The highest BCUT2D eigenvalue weighted by atomic mass is 127. The van der Waals surface area contributed by atoms with Crippen molar-refractivity contribution in [3.8, 4) is 0 Å². The lowest BCUT2D eigenvalue weighted by atomic mass is 10.2. The molecule has 0 amide bonds. The maximum absolute atomic E-state index is 12.2. The monoisotopic (exact) mass is 552 g/mol. The molecule has 2 aromatic rings. The van der Waals surface area contributed by atoms with Crippen molar-refractivity contribution in [1.29, 1.82) is 0 Å². The molecule has 0 saturated carbocycles. The van der Waals surface area contributed by atoms with Crippen molar-refractivity contribution in [3.63, 3.8) is 0 Å². The third-order valence-corrected chi connectivity index (χ3v) is 5.58. The molecule has 0 saturated heterocycles. The van der Waals surface area contributed by atoms with Crippen molar-refractivity contribution in [3.05, 3.63) is 64.7 Å². The molecule has 0 spiro atoms. The molecule has 3 N–H and O–H groups in total. The van der Waals surface area contributed by atoms with Crippen LogP contribution in [0.4, 0.5) is 0 Å². The predicted molar refractivity (Wildman–Crippen MR) is 127 cm³/mol. The Labute approximate surface area is 194 Å². The second-order valence-electron chi connectivity index (χ2n) is 5.94. The lowest BCUT2D eigenvalue weighted by molar-refractivity contribution is 0.204. The largest absolute Gasteiger partial charge is 0.383 e. The van der Waals surface area contributed by atoms with E-state index in [4.69, 9.17) is 16.3 Å². The zero-order chi connectivity index (χ0) is 20.4. The molecule has 0 fully saturated rings. The zero-order valence-corrected chi connectivity index (χ0v) is 20.2. The number of guanidine groups is 1. The van der Waals surface area contributed by atoms with Gasteiger partial charge in [0.15, 0.2) is 5.96 Å². The first-order chi connectivity index (χ1) is 13.4. The molecule has 10 heteroatoms. The lowest BCUT2D eigenvalue weighted by Gasteiger charge is -2.13. The molecular weight excluding hydrogens is 527 g/mol. The first-order valence-electron chi connectivity index (χ1n) is 8.71. The van der Waals surface area contributed by atoms with Gasteiger partial charge >= 0.3 is 0 Å². The Bertz CT molecular complexity index is 893. The molecule has 0 bridgehead atoms. The van der Waals surface area contributed by atoms with E-state index in [0.717, 1.165) is 11.1 Å². The summed E-state index contributed by atoms with van der Waals surface area (Å²) in [6.45, 7) is 1.65. The van der Waals surface area contributed by atoms with Crippen molar-refractivity contribution in [2.24, 2.45) is 4.99 Å². The van der Waals surface area contributed by atoms with Crippen molar-refractivity contribution in [1.82, 2.24) is 15.4 Å². The van der Waals surface area contributed by atoms with Crippen LogP contribution in [0, 0.1) is 0 Å². The highest BCUT2D eigenvalue weighted by Gasteiger charge is 2.12. The molecule has 2 aromatic carbocycles. The van der Waals surface area contributed by atoms with Crippen LogP contribution < -0.4 is 15.4 Å². The molecule has 0 radical (unpaired) electrons. The Morgan fingerprint density at radius 1 is 1.07 bits per heavy atom. The molecule has 29 heavy (non-hydrogen) atoms. The van der Waals surface area contributed by atoms with Gasteiger partial charge in [0.1, 0.15) is 0 Å². The molecular formula is C19H26ClIN4O3S. The van der Waals surface area contributed by atoms with E-state index in [2.05, 4.69) is 20.3 Å². The summed E-state index contributed by atoms with van der Waals surface area (Å²) in [5, 5.41) is 7.09. The van der Waals surface area contributed by atoms with Crippen molar-refractivity contribution in [2.75, 3.05) is 27.3 Å². The molecule has 0 unspecified atom stereocenters. The van der Waals surface area contributed by atoms with E-state index in [1.165, 1.54) is 7.11 Å². The van der Waals surface area contributed by atoms with Gasteiger partial charge in [-0.2, -0.15) is 0 Å². The van der Waals surface area contributed by atoms with Crippen LogP contribution in [0.1, 0.15) is 11.1 Å². The van der Waals surface area contributed by atoms with Gasteiger partial charge in [-0.05, 0) is 35.4 Å². The van der Waals surface area contributed by atoms with Crippen LogP contribution >= 0.6 is 35.6 Å². The van der Waals surface area contributed by atoms with E-state index in [-0.39, 0.29) is 35.4 Å². The minimum atomic E-state index is -3.53. The quantitative estimate of drug-likeness (QED) is 0.193. The van der Waals surface area contributed by atoms with E-state index < -0.39 is 10.0 Å². The third-order valence-electron chi connectivity index (χ3n) is 3.86. The first kappa shape index (κ1) is 25.6. The maximum Gasteiger partial charge on any atom is 0.240 e. The van der Waals surface area contributed by atoms with Gasteiger partial charge < -0.3 is 15.4 Å². The number of nitrogens with zero attached hydrogens (tertiary/aromatic N) is 1. The number of ether oxygens (including phenoxy) is 1. The predicted octanol–water partition coefficient (Wildman–Crippen LogP) is 2.75. The number of methoxy groups -OCH3 is 1. The van der Waals surface area contributed by atoms with Gasteiger partial charge in [-0.15, -0.1) is 24.0 Å². The van der Waals surface area contributed by atoms with E-state index in [1.54, 1.807) is 31.3 Å². The zero-order valence-electron chi connectivity index (χ0n) is 16.3. The van der Waals surface area contributed by atoms with E-state index in [9.17, 15) is 8.42 Å². The summed E-state index contributed by atoms with van der Waals surface area (Å²) < 4.78 is 31.6. The summed E-state index contributed by atoms with van der Waals surface area (Å²) in [5.74, 6) is 0.637. The number of aliphatic imine (C=N–C) groups is 1. The smallest absolute Gasteiger partial charge is 0.240 e. The number of halogens is 2. The summed E-state index contributed by atoms with van der Waals surface area (Å²) in [6, 6.07) is 14.3. The Morgan fingerprint density at radius 2 is 1.72 bits per heavy atom. The number of hydrogen-bond acceptors (Lipinski definition) is 4. The number of sulfonamides is 1. The highest BCUT2D eigenvalue weighted by Crippen LogP contribution is 2.11. The Kier molecular flexibility index (Phi) is 11.5. The summed E-state index contributed by atoms with van der Waals surface area (Å²) in [6.07, 6.45) is 0. The van der Waals surface area contributed by atoms with E-state index in [0.29, 0.717) is 30.7 Å². The molecule has 0 aliphatic carbocycles. The van der Waals surface area contributed by atoms with Crippen LogP contribution in [-0.2, 0) is 27.8 Å². The minimum Gasteiger partial charge on any atom is -0.383 e. The molecule has 160 valence electrons. The van der Waals surface area contributed by atoms with Crippen LogP contribution in [0.5, 0.6) is 0 Å². The van der Waals surface area contributed by atoms with E-state index in [1.807, 2.05) is 24.3 Å². The number of hydrogen-bond donors (Lipinski definition) is 3. The van der Waals surface area contributed by atoms with Gasteiger partial charge in [0.25, 0.3) is 0 Å². The molecule has 0 aromatic heterocycles. The first-order valence-corrected chi connectivity index (χ1v) is 10.6. The van der Waals surface area contributed by atoms with Crippen LogP contribution in [0.2, 0.25) is 5.02 Å². The van der Waals surface area contributed by atoms with Crippen molar-refractivity contribution >= 4 is 51.6 Å². The third kappa shape index (κ3) is 8.87. The van der Waals surface area contributed by atoms with Crippen LogP contribution in [-0.4, -0.2) is 41.7 Å². The van der Waals surface area contributed by atoms with Gasteiger partial charge in [0.2, 0.25) is 10.0 Å². The normalized spacial score (nSPS) is 11.6. The molecule has 0 atom stereocenters. The number of nitrogens with one attached hydrogen (secondary N) is 3. The molecule has 0 aliphatic heterocycles. The fourth-order valence-electron chi connectivity index (χ4n) is 2.39. The summed E-state index contributed by atoms with van der Waals surface area (Å²) in [5.41, 5.74) is 1.98. The maximum atomic E-state index is 12.2. The van der Waals surface area contributed by atoms with Gasteiger partial charge in [0.05, 0.1) is 11.5 Å². The van der Waals surface area contributed by atoms with Gasteiger partial charge in [0, 0.05) is 38.8 Å². The van der Waals surface area contributed by atoms with Crippen LogP contribution in [0.15, 0.2) is 58.4 Å². The second-order valence-corrected chi connectivity index (χ2v) is 8.15. The number of rotatable bonds is 9. The molecule has 2 rings (SSSR count). The van der Waals surface area contributed by atoms with Crippen molar-refractivity contribution < 1.29 is 13.2 Å². The Balaban J connectivity index is 0.00000420. The fourth-order valence-corrected chi connectivity index (χ4v) is 3.61. The average Bonchev–Trinajstić information content (AvgIpc) is 2.68. The average molecular weight is 553 g/mol. The SMILES string of the molecule is CN=C(NCc1ccc(S(=O)(=O)NCCOC)cc1)NCc1cccc(Cl)c1.I. The Morgan fingerprint density at radius 3 is 2.31 bits per heavy atom. The standard InChI is InChI=1S/C19H25ClN4O3S.HI/c1-21-19(23-14-16-4-3-5-17(20)12-16)22-13-15-6-8-18(9-7-15)28(25,26)24-10-11-27-2;/h3-9,12,24H,10-11,13-14H2,1-2H3,(H2,21,22,23);1H. The molecule has 0 heterocycles. The highest BCUT2D eigenvalue weighted by molar-refractivity contribution is 14.0. The lowest BCUT2D eigenvalue weighted by Crippen LogP contribution is -2.36. The summed E-state index contributed by atoms with van der Waals surface area (Å²) in [7, 11) is -0.314. The van der Waals surface area contributed by atoms with Gasteiger partial charge in [-0.1, -0.05) is 35.9 Å².